The van der Waals surface area contributed by atoms with Gasteiger partial charge in [-0.15, -0.1) is 5.73 Å². The maximum atomic E-state index is 3.50. The van der Waals surface area contributed by atoms with Crippen LogP contribution in [0.2, 0.25) is 0 Å². The largest absolute Gasteiger partial charge is 0.379 e. The molecule has 0 aromatic heterocycles. The molecule has 0 aliphatic carbocycles. The van der Waals surface area contributed by atoms with Crippen molar-refractivity contribution in [2.45, 2.75) is 34.6 Å². The van der Waals surface area contributed by atoms with Gasteiger partial charge in [-0.1, -0.05) is 37.8 Å². The van der Waals surface area contributed by atoms with Crippen LogP contribution in [-0.2, 0) is 0 Å². The summed E-state index contributed by atoms with van der Waals surface area (Å²) < 4.78 is 0. The zero-order valence-electron chi connectivity index (χ0n) is 15.5. The van der Waals surface area contributed by atoms with Crippen molar-refractivity contribution in [3.63, 3.8) is 0 Å². The first-order valence-electron chi connectivity index (χ1n) is 7.54. The molecule has 0 unspecified atom stereocenters. The molecule has 2 nitrogen and oxygen atoms in total. The number of hydrogen-bond donors (Lipinski definition) is 0. The highest BCUT2D eigenvalue weighted by atomic mass is 15.1. The molecule has 0 fully saturated rings. The van der Waals surface area contributed by atoms with E-state index in [1.165, 1.54) is 5.70 Å². The molecular weight excluding hydrogens is 256 g/mol. The Bertz CT molecular complexity index is 329. The molecule has 0 saturated carbocycles. The number of hydrogen-bond acceptors (Lipinski definition) is 2. The Morgan fingerprint density at radius 1 is 1.05 bits per heavy atom. The van der Waals surface area contributed by atoms with Gasteiger partial charge in [0.15, 0.2) is 0 Å². The summed E-state index contributed by atoms with van der Waals surface area (Å²) in [6, 6.07) is 0. The van der Waals surface area contributed by atoms with E-state index in [9.17, 15) is 0 Å². The lowest BCUT2D eigenvalue weighted by molar-refractivity contribution is 0.434. The third kappa shape index (κ3) is 27.6. The van der Waals surface area contributed by atoms with Crippen LogP contribution in [0.25, 0.3) is 0 Å². The molecule has 0 amide bonds. The summed E-state index contributed by atoms with van der Waals surface area (Å²) in [4.78, 5) is 4.33. The van der Waals surface area contributed by atoms with Crippen LogP contribution in [0.4, 0.5) is 0 Å². The minimum atomic E-state index is 1.09. The summed E-state index contributed by atoms with van der Waals surface area (Å²) in [6.07, 6.45) is 11.3. The van der Waals surface area contributed by atoms with E-state index in [0.717, 1.165) is 13.1 Å². The number of nitrogens with zero attached hydrogens (tertiary/aromatic N) is 2. The van der Waals surface area contributed by atoms with Gasteiger partial charge in [0.05, 0.1) is 0 Å². The molecule has 0 N–H and O–H groups in total. The molecule has 0 atom stereocenters. The molecule has 122 valence electrons. The average molecular weight is 293 g/mol. The van der Waals surface area contributed by atoms with E-state index >= 15 is 0 Å². The lowest BCUT2D eigenvalue weighted by Crippen LogP contribution is -2.14. The predicted molar refractivity (Wildman–Crippen MR) is 99.6 cm³/mol. The van der Waals surface area contributed by atoms with Gasteiger partial charge in [-0.2, -0.15) is 0 Å². The first kappa shape index (κ1) is 24.5. The Morgan fingerprint density at radius 2 is 1.57 bits per heavy atom. The van der Waals surface area contributed by atoms with Crippen molar-refractivity contribution < 1.29 is 0 Å². The number of allylic oxidation sites excluding steroid dienone is 6. The Labute approximate surface area is 133 Å². The average Bonchev–Trinajstić information content (AvgIpc) is 2.51. The summed E-state index contributed by atoms with van der Waals surface area (Å²) in [5.74, 6) is 0. The van der Waals surface area contributed by atoms with Crippen molar-refractivity contribution in [3.8, 4) is 0 Å². The molecule has 0 spiro atoms. The summed E-state index contributed by atoms with van der Waals surface area (Å²) in [7, 11) is 6.20. The lowest BCUT2D eigenvalue weighted by Gasteiger charge is -2.15. The van der Waals surface area contributed by atoms with Gasteiger partial charge in [0, 0.05) is 19.3 Å². The minimum Gasteiger partial charge on any atom is -0.379 e. The first-order valence-corrected chi connectivity index (χ1v) is 7.54. The second kappa shape index (κ2) is 20.8. The molecule has 0 bridgehead atoms. The summed E-state index contributed by atoms with van der Waals surface area (Å²) in [5, 5.41) is 0. The fourth-order valence-electron chi connectivity index (χ4n) is 0.745. The first-order chi connectivity index (χ1) is 9.90. The Morgan fingerprint density at radius 3 is 1.81 bits per heavy atom. The molecule has 0 aromatic carbocycles. The molecule has 0 aliphatic rings. The Kier molecular flexibility index (Phi) is 24.3. The summed E-state index contributed by atoms with van der Waals surface area (Å²) >= 11 is 0. The van der Waals surface area contributed by atoms with Gasteiger partial charge in [-0.3, -0.25) is 0 Å². The van der Waals surface area contributed by atoms with Crippen molar-refractivity contribution >= 4 is 0 Å². The highest BCUT2D eigenvalue weighted by Gasteiger charge is 1.89. The molecule has 0 saturated heterocycles. The molecule has 2 heteroatoms. The molecule has 0 heterocycles. The van der Waals surface area contributed by atoms with Crippen LogP contribution >= 0.6 is 0 Å². The maximum absolute atomic E-state index is 3.50. The summed E-state index contributed by atoms with van der Waals surface area (Å²) in [6.45, 7) is 16.1. The van der Waals surface area contributed by atoms with E-state index in [1.807, 2.05) is 25.2 Å². The zero-order chi connectivity index (χ0) is 17.1. The van der Waals surface area contributed by atoms with Crippen molar-refractivity contribution in [1.29, 1.82) is 0 Å². The van der Waals surface area contributed by atoms with Crippen molar-refractivity contribution in [2.24, 2.45) is 0 Å². The second-order valence-corrected chi connectivity index (χ2v) is 4.60. The lowest BCUT2D eigenvalue weighted by atomic mass is 10.4. The zero-order valence-corrected chi connectivity index (χ0v) is 15.5. The maximum Gasteiger partial charge on any atom is 0.0143 e. The molecule has 0 aliphatic heterocycles. The van der Waals surface area contributed by atoms with E-state index in [2.05, 4.69) is 77.0 Å². The van der Waals surface area contributed by atoms with Crippen molar-refractivity contribution in [2.75, 3.05) is 34.2 Å². The van der Waals surface area contributed by atoms with E-state index in [0.29, 0.717) is 0 Å². The normalized spacial score (nSPS) is 9.86. The molecule has 21 heavy (non-hydrogen) atoms. The highest BCUT2D eigenvalue weighted by Crippen LogP contribution is 1.96. The molecule has 0 aromatic rings. The van der Waals surface area contributed by atoms with Gasteiger partial charge in [0.2, 0.25) is 0 Å². The molecule has 0 rings (SSSR count). The van der Waals surface area contributed by atoms with E-state index < -0.39 is 0 Å². The third-order valence-corrected chi connectivity index (χ3v) is 2.73. The molecule has 0 radical (unpaired) electrons. The van der Waals surface area contributed by atoms with Crippen LogP contribution in [0.5, 0.6) is 0 Å². The van der Waals surface area contributed by atoms with Crippen LogP contribution in [0.3, 0.4) is 0 Å². The van der Waals surface area contributed by atoms with Gasteiger partial charge in [0.25, 0.3) is 0 Å². The summed E-state index contributed by atoms with van der Waals surface area (Å²) in [5.41, 5.74) is 4.22. The van der Waals surface area contributed by atoms with Crippen LogP contribution in [0.1, 0.15) is 34.6 Å². The van der Waals surface area contributed by atoms with Crippen LogP contribution in [0.15, 0.2) is 54.5 Å². The Hall–Kier alpha value is -1.50. The van der Waals surface area contributed by atoms with Crippen LogP contribution < -0.4 is 0 Å². The second-order valence-electron chi connectivity index (χ2n) is 4.60. The standard InChI is InChI=1S/C8H10.C7H15N.C4H11N/c1-3-5-7-8-6-4-2;1-5-7(3)8(4)6-2;1-4-5(2)3/h3-6,8H,1H2,2H3;5H,6H2,1-4H3;4H2,1-3H3/b6-4-;7-5-;. The van der Waals surface area contributed by atoms with Crippen LogP contribution in [-0.4, -0.2) is 44.0 Å². The third-order valence-electron chi connectivity index (χ3n) is 2.73. The van der Waals surface area contributed by atoms with E-state index in [-0.39, 0.29) is 0 Å². The molecular formula is C19H36N2. The van der Waals surface area contributed by atoms with Crippen molar-refractivity contribution in [3.05, 3.63) is 54.5 Å². The highest BCUT2D eigenvalue weighted by molar-refractivity contribution is 5.05. The predicted octanol–water partition coefficient (Wildman–Crippen LogP) is 4.89. The van der Waals surface area contributed by atoms with Gasteiger partial charge < -0.3 is 9.80 Å². The number of rotatable bonds is 5. The van der Waals surface area contributed by atoms with Gasteiger partial charge in [-0.05, 0) is 60.5 Å². The quantitative estimate of drug-likeness (QED) is 0.526. The van der Waals surface area contributed by atoms with E-state index in [1.54, 1.807) is 12.2 Å². The van der Waals surface area contributed by atoms with Gasteiger partial charge >= 0.3 is 0 Å². The monoisotopic (exact) mass is 292 g/mol. The fourth-order valence-corrected chi connectivity index (χ4v) is 0.745. The SMILES string of the molecule is C/C=C(/C)N(C)CC.C=CC=C=C/C=C\C.CCN(C)C. The Balaban J connectivity index is -0.000000239. The van der Waals surface area contributed by atoms with Gasteiger partial charge in [-0.25, -0.2) is 0 Å². The fraction of sp³-hybridized carbons (Fsp3) is 0.526. The van der Waals surface area contributed by atoms with Crippen molar-refractivity contribution in [1.82, 2.24) is 9.80 Å². The minimum absolute atomic E-state index is 1.09. The smallest absolute Gasteiger partial charge is 0.0143 e. The topological polar surface area (TPSA) is 6.48 Å². The van der Waals surface area contributed by atoms with Crippen LogP contribution in [0, 0.1) is 0 Å². The van der Waals surface area contributed by atoms with Gasteiger partial charge in [0.1, 0.15) is 0 Å². The van der Waals surface area contributed by atoms with E-state index in [4.69, 9.17) is 0 Å².